The van der Waals surface area contributed by atoms with E-state index in [-0.39, 0.29) is 16.4 Å². The van der Waals surface area contributed by atoms with Crippen molar-refractivity contribution in [1.29, 1.82) is 0 Å². The van der Waals surface area contributed by atoms with E-state index in [2.05, 4.69) is 25.1 Å². The van der Waals surface area contributed by atoms with Gasteiger partial charge in [-0.3, -0.25) is 9.48 Å². The van der Waals surface area contributed by atoms with E-state index < -0.39 is 16.1 Å². The number of nitrogens with zero attached hydrogens (tertiary/aromatic N) is 4. The minimum atomic E-state index is -3.83. The van der Waals surface area contributed by atoms with Crippen molar-refractivity contribution < 1.29 is 13.2 Å². The van der Waals surface area contributed by atoms with Crippen molar-refractivity contribution in [2.75, 3.05) is 0 Å². The Bertz CT molecular complexity index is 1070. The Balaban J connectivity index is 1.71. The van der Waals surface area contributed by atoms with Gasteiger partial charge in [0.1, 0.15) is 6.33 Å². The summed E-state index contributed by atoms with van der Waals surface area (Å²) in [6.45, 7) is 1.98. The number of nitrogens with one attached hydrogen (secondary N) is 2. The van der Waals surface area contributed by atoms with Gasteiger partial charge in [0.2, 0.25) is 10.0 Å². The second-order valence-electron chi connectivity index (χ2n) is 6.21. The van der Waals surface area contributed by atoms with Gasteiger partial charge in [0.25, 0.3) is 5.91 Å². The SMILES string of the molecule is CC(NS(=O)(=O)c1cccc(C(=O)NCc2cnn(C)c2)c1)c1ccncn1. The van der Waals surface area contributed by atoms with E-state index in [9.17, 15) is 13.2 Å². The average molecular weight is 400 g/mol. The maximum atomic E-state index is 12.7. The van der Waals surface area contributed by atoms with Crippen LogP contribution in [0.5, 0.6) is 0 Å². The van der Waals surface area contributed by atoms with Crippen LogP contribution >= 0.6 is 0 Å². The highest BCUT2D eigenvalue weighted by Gasteiger charge is 2.20. The molecule has 0 radical (unpaired) electrons. The lowest BCUT2D eigenvalue weighted by Gasteiger charge is -2.14. The number of rotatable bonds is 7. The largest absolute Gasteiger partial charge is 0.348 e. The molecule has 0 aliphatic heterocycles. The van der Waals surface area contributed by atoms with Crippen molar-refractivity contribution in [3.8, 4) is 0 Å². The molecule has 1 aromatic carbocycles. The van der Waals surface area contributed by atoms with Gasteiger partial charge in [-0.25, -0.2) is 23.1 Å². The summed E-state index contributed by atoms with van der Waals surface area (Å²) in [5.74, 6) is -0.371. The zero-order valence-corrected chi connectivity index (χ0v) is 16.2. The molecule has 3 aromatic rings. The second kappa shape index (κ2) is 8.28. The molecule has 0 aliphatic carbocycles. The van der Waals surface area contributed by atoms with E-state index in [1.165, 1.54) is 24.5 Å². The van der Waals surface area contributed by atoms with Crippen LogP contribution in [0.25, 0.3) is 0 Å². The summed E-state index contributed by atoms with van der Waals surface area (Å²) in [6.07, 6.45) is 6.34. The fourth-order valence-electron chi connectivity index (χ4n) is 2.57. The third-order valence-electron chi connectivity index (χ3n) is 4.00. The topological polar surface area (TPSA) is 119 Å². The van der Waals surface area contributed by atoms with Crippen LogP contribution in [-0.2, 0) is 23.6 Å². The Morgan fingerprint density at radius 2 is 2.11 bits per heavy atom. The zero-order valence-electron chi connectivity index (χ0n) is 15.4. The summed E-state index contributed by atoms with van der Waals surface area (Å²) >= 11 is 0. The third-order valence-corrected chi connectivity index (χ3v) is 5.54. The van der Waals surface area contributed by atoms with E-state index in [4.69, 9.17) is 0 Å². The van der Waals surface area contributed by atoms with Gasteiger partial charge in [-0.05, 0) is 31.2 Å². The van der Waals surface area contributed by atoms with E-state index in [1.807, 2.05) is 0 Å². The highest BCUT2D eigenvalue weighted by Crippen LogP contribution is 2.16. The van der Waals surface area contributed by atoms with Crippen LogP contribution in [0, 0.1) is 0 Å². The fraction of sp³-hybridized carbons (Fsp3) is 0.222. The predicted molar refractivity (Wildman–Crippen MR) is 102 cm³/mol. The van der Waals surface area contributed by atoms with Crippen LogP contribution < -0.4 is 10.0 Å². The maximum absolute atomic E-state index is 12.7. The highest BCUT2D eigenvalue weighted by atomic mass is 32.2. The quantitative estimate of drug-likeness (QED) is 0.615. The Kier molecular flexibility index (Phi) is 5.81. The Hall–Kier alpha value is -3.11. The van der Waals surface area contributed by atoms with Crippen molar-refractivity contribution in [3.05, 3.63) is 72.1 Å². The van der Waals surface area contributed by atoms with Gasteiger partial charge in [0.15, 0.2) is 0 Å². The number of aryl methyl sites for hydroxylation is 1. The number of aromatic nitrogens is 4. The van der Waals surface area contributed by atoms with Gasteiger partial charge in [-0.1, -0.05) is 6.07 Å². The molecule has 0 saturated carbocycles. The van der Waals surface area contributed by atoms with Crippen molar-refractivity contribution in [2.45, 2.75) is 24.4 Å². The summed E-state index contributed by atoms with van der Waals surface area (Å²) in [5.41, 5.74) is 1.64. The minimum absolute atomic E-state index is 0.00225. The first kappa shape index (κ1) is 19.6. The maximum Gasteiger partial charge on any atom is 0.251 e. The molecule has 1 atom stereocenters. The molecule has 9 nitrogen and oxygen atoms in total. The number of amides is 1. The molecule has 0 bridgehead atoms. The average Bonchev–Trinajstić information content (AvgIpc) is 3.12. The monoisotopic (exact) mass is 400 g/mol. The lowest BCUT2D eigenvalue weighted by molar-refractivity contribution is 0.0950. The van der Waals surface area contributed by atoms with E-state index >= 15 is 0 Å². The standard InChI is InChI=1S/C18H20N6O3S/c1-13(17-6-7-19-12-21-17)23-28(26,27)16-5-3-4-15(8-16)18(25)20-9-14-10-22-24(2)11-14/h3-8,10-13,23H,9H2,1-2H3,(H,20,25). The molecule has 0 aliphatic rings. The second-order valence-corrected chi connectivity index (χ2v) is 7.92. The minimum Gasteiger partial charge on any atom is -0.348 e. The molecular weight excluding hydrogens is 380 g/mol. The van der Waals surface area contributed by atoms with Gasteiger partial charge < -0.3 is 5.32 Å². The van der Waals surface area contributed by atoms with Crippen molar-refractivity contribution >= 4 is 15.9 Å². The smallest absolute Gasteiger partial charge is 0.251 e. The van der Waals surface area contributed by atoms with Crippen LogP contribution in [0.3, 0.4) is 0 Å². The van der Waals surface area contributed by atoms with Crippen LogP contribution in [0.4, 0.5) is 0 Å². The number of hydrogen-bond acceptors (Lipinski definition) is 6. The number of carbonyl (C=O) groups is 1. The number of hydrogen-bond donors (Lipinski definition) is 2. The number of carbonyl (C=O) groups excluding carboxylic acids is 1. The highest BCUT2D eigenvalue weighted by molar-refractivity contribution is 7.89. The van der Waals surface area contributed by atoms with Gasteiger partial charge in [0, 0.05) is 37.1 Å². The summed E-state index contributed by atoms with van der Waals surface area (Å²) in [5, 5.41) is 6.78. The Labute approximate surface area is 162 Å². The third kappa shape index (κ3) is 4.78. The first-order valence-electron chi connectivity index (χ1n) is 8.49. The van der Waals surface area contributed by atoms with E-state index in [0.717, 1.165) is 5.56 Å². The zero-order chi connectivity index (χ0) is 20.1. The van der Waals surface area contributed by atoms with Crippen LogP contribution in [0.2, 0.25) is 0 Å². The van der Waals surface area contributed by atoms with Gasteiger partial charge in [-0.15, -0.1) is 0 Å². The Morgan fingerprint density at radius 3 is 2.79 bits per heavy atom. The van der Waals surface area contributed by atoms with E-state index in [0.29, 0.717) is 12.2 Å². The van der Waals surface area contributed by atoms with Crippen molar-refractivity contribution in [1.82, 2.24) is 29.8 Å². The van der Waals surface area contributed by atoms with Gasteiger partial charge in [-0.2, -0.15) is 5.10 Å². The molecular formula is C18H20N6O3S. The summed E-state index contributed by atoms with van der Waals surface area (Å²) < 4.78 is 29.5. The molecule has 2 N–H and O–H groups in total. The molecule has 2 aromatic heterocycles. The van der Waals surface area contributed by atoms with Crippen LogP contribution in [-0.4, -0.2) is 34.1 Å². The molecule has 10 heteroatoms. The van der Waals surface area contributed by atoms with Gasteiger partial charge >= 0.3 is 0 Å². The first-order chi connectivity index (χ1) is 13.3. The molecule has 1 unspecified atom stereocenters. The van der Waals surface area contributed by atoms with Crippen molar-refractivity contribution in [2.24, 2.45) is 7.05 Å². The van der Waals surface area contributed by atoms with Crippen LogP contribution in [0.15, 0.2) is 60.1 Å². The Morgan fingerprint density at radius 1 is 1.29 bits per heavy atom. The molecule has 0 fully saturated rings. The molecule has 2 heterocycles. The van der Waals surface area contributed by atoms with E-state index in [1.54, 1.807) is 49.4 Å². The van der Waals surface area contributed by atoms with Gasteiger partial charge in [0.05, 0.1) is 22.8 Å². The molecule has 0 spiro atoms. The molecule has 3 rings (SSSR count). The van der Waals surface area contributed by atoms with Crippen molar-refractivity contribution in [3.63, 3.8) is 0 Å². The first-order valence-corrected chi connectivity index (χ1v) is 9.97. The van der Waals surface area contributed by atoms with Crippen LogP contribution in [0.1, 0.15) is 34.6 Å². The summed E-state index contributed by atoms with van der Waals surface area (Å²) in [7, 11) is -2.04. The normalized spacial score (nSPS) is 12.5. The molecule has 1 amide bonds. The lowest BCUT2D eigenvalue weighted by Crippen LogP contribution is -2.28. The number of sulfonamides is 1. The molecule has 0 saturated heterocycles. The number of benzene rings is 1. The fourth-order valence-corrected chi connectivity index (χ4v) is 3.83. The predicted octanol–water partition coefficient (Wildman–Crippen LogP) is 1.18. The molecule has 28 heavy (non-hydrogen) atoms. The lowest BCUT2D eigenvalue weighted by atomic mass is 10.2. The summed E-state index contributed by atoms with van der Waals surface area (Å²) in [6, 6.07) is 6.96. The summed E-state index contributed by atoms with van der Waals surface area (Å²) in [4.78, 5) is 20.2. The molecule has 146 valence electrons.